The van der Waals surface area contributed by atoms with Crippen LogP contribution < -0.4 is 0 Å². The number of benzene rings is 9. The normalized spacial score (nSPS) is 15.1. The molecule has 0 spiro atoms. The molecule has 1 nitrogen and oxygen atoms in total. The summed E-state index contributed by atoms with van der Waals surface area (Å²) < 4.78 is 109. The highest BCUT2D eigenvalue weighted by atomic mass is 16.3. The minimum absolute atomic E-state index is 0.0942. The third-order valence-electron chi connectivity index (χ3n) is 9.18. The number of hydrogen-bond donors (Lipinski definition) is 0. The fraction of sp³-hybridized carbons (Fsp3) is 0. The smallest absolute Gasteiger partial charge is 0.136 e. The third kappa shape index (κ3) is 4.47. The first kappa shape index (κ1) is 18.2. The van der Waals surface area contributed by atoms with E-state index in [4.69, 9.17) is 19.5 Å². The van der Waals surface area contributed by atoms with Gasteiger partial charge in [0.25, 0.3) is 0 Å². The summed E-state index contributed by atoms with van der Waals surface area (Å²) in [5.41, 5.74) is 5.75. The fourth-order valence-electron chi connectivity index (χ4n) is 7.07. The van der Waals surface area contributed by atoms with Gasteiger partial charge in [0, 0.05) is 10.8 Å². The predicted octanol–water partition coefficient (Wildman–Crippen LogP) is 13.7. The van der Waals surface area contributed by atoms with Crippen LogP contribution in [0.2, 0.25) is 0 Å². The van der Waals surface area contributed by atoms with Crippen LogP contribution in [0.25, 0.3) is 98.8 Å². The summed E-state index contributed by atoms with van der Waals surface area (Å²) in [4.78, 5) is 0. The second-order valence-electron chi connectivity index (χ2n) is 11.9. The molecule has 1 heteroatoms. The number of furan rings is 1. The van der Waals surface area contributed by atoms with E-state index in [1.807, 2.05) is 78.9 Å². The molecule has 0 fully saturated rings. The highest BCUT2D eigenvalue weighted by molar-refractivity contribution is 6.25. The Morgan fingerprint density at radius 1 is 0.388 bits per heavy atom. The zero-order valence-electron chi connectivity index (χ0n) is 37.8. The van der Waals surface area contributed by atoms with E-state index in [2.05, 4.69) is 12.1 Å². The van der Waals surface area contributed by atoms with Gasteiger partial charge in [-0.05, 0) is 107 Å². The molecule has 10 aromatic rings. The van der Waals surface area contributed by atoms with Gasteiger partial charge in [-0.2, -0.15) is 0 Å². The minimum atomic E-state index is -0.514. The van der Waals surface area contributed by atoms with Crippen LogP contribution >= 0.6 is 0 Å². The Labute approximate surface area is 301 Å². The average molecular weight is 635 g/mol. The maximum atomic E-state index is 9.19. The molecule has 0 saturated heterocycles. The topological polar surface area (TPSA) is 13.1 Å². The SMILES string of the molecule is [2H]c1c([2H])c([2H])c(-c2ccc3c(c2)oc2cccc(-c4c5ccccc5c(-c5cccc(-c6c([2H])c([2H])c7c([2H])c([2H])c([2H])c([2H])c7c6[2H])c5)c5ccccc45)c23)c([2H])c1[2H]. The molecule has 0 radical (unpaired) electrons. The predicted molar refractivity (Wildman–Crippen MR) is 208 cm³/mol. The standard InChI is InChI=1S/C48H30O/c1-2-12-31(13-3-1)36-26-27-42-45(30-36)49-44-23-11-22-43(48(42)44)47-40-20-8-6-18-38(40)46(39-19-7-9-21-41(39)47)37-17-10-16-34(29-37)35-25-24-32-14-4-5-15-33(32)28-35/h1-30H/i1D,2D,3D,4D,5D,12D,13D,14D,15D,24D,25D,28D. The van der Waals surface area contributed by atoms with Crippen LogP contribution in [0.1, 0.15) is 16.4 Å². The number of fused-ring (bicyclic) bond motifs is 6. The van der Waals surface area contributed by atoms with Gasteiger partial charge < -0.3 is 4.42 Å². The maximum absolute atomic E-state index is 9.19. The van der Waals surface area contributed by atoms with Crippen molar-refractivity contribution in [2.75, 3.05) is 0 Å². The Morgan fingerprint density at radius 3 is 1.82 bits per heavy atom. The van der Waals surface area contributed by atoms with E-state index in [9.17, 15) is 1.37 Å². The second-order valence-corrected chi connectivity index (χ2v) is 11.9. The van der Waals surface area contributed by atoms with Gasteiger partial charge in [-0.1, -0.05) is 151 Å². The van der Waals surface area contributed by atoms with Crippen molar-refractivity contribution in [3.63, 3.8) is 0 Å². The van der Waals surface area contributed by atoms with E-state index in [0.717, 1.165) is 54.6 Å². The molecule has 49 heavy (non-hydrogen) atoms. The summed E-state index contributed by atoms with van der Waals surface area (Å²) in [6.07, 6.45) is 0. The monoisotopic (exact) mass is 634 g/mol. The van der Waals surface area contributed by atoms with Crippen LogP contribution in [0.3, 0.4) is 0 Å². The Morgan fingerprint density at radius 2 is 1.04 bits per heavy atom. The van der Waals surface area contributed by atoms with Gasteiger partial charge in [0.1, 0.15) is 11.2 Å². The van der Waals surface area contributed by atoms with E-state index >= 15 is 0 Å². The highest BCUT2D eigenvalue weighted by Crippen LogP contribution is 2.47. The molecular weight excluding hydrogens is 593 g/mol. The molecule has 0 unspecified atom stereocenters. The number of rotatable bonds is 4. The van der Waals surface area contributed by atoms with E-state index in [1.54, 1.807) is 18.2 Å². The van der Waals surface area contributed by atoms with Crippen molar-refractivity contribution in [1.29, 1.82) is 0 Å². The zero-order chi connectivity index (χ0) is 42.8. The Kier molecular flexibility index (Phi) is 4.11. The van der Waals surface area contributed by atoms with Crippen LogP contribution in [0, 0.1) is 0 Å². The quantitative estimate of drug-likeness (QED) is 0.176. The van der Waals surface area contributed by atoms with Crippen molar-refractivity contribution in [2.45, 2.75) is 0 Å². The van der Waals surface area contributed by atoms with Gasteiger partial charge in [0.15, 0.2) is 0 Å². The molecule has 0 amide bonds. The molecule has 0 bridgehead atoms. The fourth-order valence-corrected chi connectivity index (χ4v) is 7.07. The van der Waals surface area contributed by atoms with Crippen molar-refractivity contribution in [2.24, 2.45) is 0 Å². The first-order valence-electron chi connectivity index (χ1n) is 21.9. The Balaban J connectivity index is 1.20. The van der Waals surface area contributed by atoms with Crippen LogP contribution in [0.5, 0.6) is 0 Å². The van der Waals surface area contributed by atoms with Crippen LogP contribution in [-0.4, -0.2) is 0 Å². The third-order valence-corrected chi connectivity index (χ3v) is 9.18. The van der Waals surface area contributed by atoms with Gasteiger partial charge in [0.05, 0.1) is 16.4 Å². The molecular formula is C48H30O. The summed E-state index contributed by atoms with van der Waals surface area (Å²) in [5, 5.41) is 5.12. The molecule has 0 N–H and O–H groups in total. The lowest BCUT2D eigenvalue weighted by Crippen LogP contribution is -1.91. The molecule has 0 aliphatic heterocycles. The van der Waals surface area contributed by atoms with E-state index in [-0.39, 0.29) is 52.1 Å². The maximum Gasteiger partial charge on any atom is 0.136 e. The van der Waals surface area contributed by atoms with Crippen molar-refractivity contribution in [3.8, 4) is 44.5 Å². The van der Waals surface area contributed by atoms with Gasteiger partial charge in [-0.3, -0.25) is 0 Å². The van der Waals surface area contributed by atoms with Crippen molar-refractivity contribution >= 4 is 54.3 Å². The molecule has 0 saturated carbocycles. The summed E-state index contributed by atoms with van der Waals surface area (Å²) in [5.74, 6) is 0. The van der Waals surface area contributed by atoms with Gasteiger partial charge in [0.2, 0.25) is 0 Å². The molecule has 1 heterocycles. The van der Waals surface area contributed by atoms with Gasteiger partial charge >= 0.3 is 0 Å². The molecule has 228 valence electrons. The highest BCUT2D eigenvalue weighted by Gasteiger charge is 2.20. The number of hydrogen-bond acceptors (Lipinski definition) is 1. The van der Waals surface area contributed by atoms with E-state index in [0.29, 0.717) is 22.3 Å². The summed E-state index contributed by atoms with van der Waals surface area (Å²) >= 11 is 0. The van der Waals surface area contributed by atoms with Crippen LogP contribution in [0.4, 0.5) is 0 Å². The molecule has 1 aromatic heterocycles. The first-order chi connectivity index (χ1) is 29.3. The molecule has 0 aliphatic rings. The largest absolute Gasteiger partial charge is 0.456 e. The molecule has 10 rings (SSSR count). The molecule has 0 aliphatic carbocycles. The summed E-state index contributed by atoms with van der Waals surface area (Å²) in [6.45, 7) is 0. The van der Waals surface area contributed by atoms with Gasteiger partial charge in [-0.15, -0.1) is 0 Å². The molecule has 0 atom stereocenters. The first-order valence-corrected chi connectivity index (χ1v) is 15.9. The van der Waals surface area contributed by atoms with Crippen molar-refractivity contribution in [1.82, 2.24) is 0 Å². The summed E-state index contributed by atoms with van der Waals surface area (Å²) in [6, 6.07) is 30.1. The van der Waals surface area contributed by atoms with Crippen molar-refractivity contribution < 1.29 is 20.9 Å². The Bertz CT molecular complexity index is 3490. The second kappa shape index (κ2) is 11.1. The van der Waals surface area contributed by atoms with Crippen LogP contribution in [-0.2, 0) is 0 Å². The lowest BCUT2D eigenvalue weighted by Gasteiger charge is -2.18. The lowest BCUT2D eigenvalue weighted by atomic mass is 9.84. The molecule has 9 aromatic carbocycles. The van der Waals surface area contributed by atoms with Crippen molar-refractivity contribution in [3.05, 3.63) is 182 Å². The van der Waals surface area contributed by atoms with Crippen LogP contribution in [0.15, 0.2) is 186 Å². The lowest BCUT2D eigenvalue weighted by molar-refractivity contribution is 0.669. The minimum Gasteiger partial charge on any atom is -0.456 e. The Hall–Kier alpha value is -6.44. The van der Waals surface area contributed by atoms with Gasteiger partial charge in [-0.25, -0.2) is 0 Å². The van der Waals surface area contributed by atoms with E-state index < -0.39 is 42.3 Å². The average Bonchev–Trinajstić information content (AvgIpc) is 3.65. The summed E-state index contributed by atoms with van der Waals surface area (Å²) in [7, 11) is 0. The van der Waals surface area contributed by atoms with E-state index in [1.165, 1.54) is 0 Å². The zero-order valence-corrected chi connectivity index (χ0v) is 25.8.